The SMILES string of the molecule is Cc1c(C)c(C)c(S(=O)(=O)NCCCN2CCN(c3ccccc3)CC2)c(C)c1C. The minimum absolute atomic E-state index is 0.458. The highest BCUT2D eigenvalue weighted by atomic mass is 32.2. The lowest BCUT2D eigenvalue weighted by atomic mass is 9.95. The molecule has 2 aromatic carbocycles. The summed E-state index contributed by atoms with van der Waals surface area (Å²) in [7, 11) is -3.51. The summed E-state index contributed by atoms with van der Waals surface area (Å²) in [6.45, 7) is 15.3. The lowest BCUT2D eigenvalue weighted by molar-refractivity contribution is 0.255. The van der Waals surface area contributed by atoms with E-state index in [1.54, 1.807) is 0 Å². The number of rotatable bonds is 7. The summed E-state index contributed by atoms with van der Waals surface area (Å²) in [6.07, 6.45) is 0.812. The van der Waals surface area contributed by atoms with Crippen molar-refractivity contribution in [2.75, 3.05) is 44.2 Å². The van der Waals surface area contributed by atoms with Crippen molar-refractivity contribution < 1.29 is 8.42 Å². The number of hydrogen-bond donors (Lipinski definition) is 1. The summed E-state index contributed by atoms with van der Waals surface area (Å²) in [5, 5.41) is 0. The quantitative estimate of drug-likeness (QED) is 0.682. The molecule has 0 atom stereocenters. The molecule has 2 aromatic rings. The van der Waals surface area contributed by atoms with Gasteiger partial charge in [-0.05, 0) is 87.5 Å². The van der Waals surface area contributed by atoms with E-state index in [0.29, 0.717) is 11.4 Å². The van der Waals surface area contributed by atoms with Gasteiger partial charge in [0.15, 0.2) is 0 Å². The molecular formula is C24H35N3O2S. The van der Waals surface area contributed by atoms with Crippen LogP contribution in [0.25, 0.3) is 0 Å². The molecule has 0 spiro atoms. The van der Waals surface area contributed by atoms with Crippen molar-refractivity contribution in [3.05, 3.63) is 58.1 Å². The second-order valence-electron chi connectivity index (χ2n) is 8.37. The first-order valence-electron chi connectivity index (χ1n) is 10.8. The molecule has 0 bridgehead atoms. The van der Waals surface area contributed by atoms with Gasteiger partial charge in [0, 0.05) is 38.4 Å². The molecule has 164 valence electrons. The van der Waals surface area contributed by atoms with Crippen LogP contribution in [0.2, 0.25) is 0 Å². The summed E-state index contributed by atoms with van der Waals surface area (Å²) in [4.78, 5) is 5.29. The average Bonchev–Trinajstić information content (AvgIpc) is 2.75. The molecule has 30 heavy (non-hydrogen) atoms. The first kappa shape index (κ1) is 22.8. The lowest BCUT2D eigenvalue weighted by Crippen LogP contribution is -2.47. The van der Waals surface area contributed by atoms with Crippen LogP contribution in [0.15, 0.2) is 35.2 Å². The second kappa shape index (κ2) is 9.50. The summed E-state index contributed by atoms with van der Waals surface area (Å²) >= 11 is 0. The first-order chi connectivity index (χ1) is 14.2. The highest BCUT2D eigenvalue weighted by Crippen LogP contribution is 2.29. The number of nitrogens with zero attached hydrogens (tertiary/aromatic N) is 2. The number of hydrogen-bond acceptors (Lipinski definition) is 4. The van der Waals surface area contributed by atoms with E-state index in [-0.39, 0.29) is 0 Å². The van der Waals surface area contributed by atoms with Crippen molar-refractivity contribution in [3.63, 3.8) is 0 Å². The maximum Gasteiger partial charge on any atom is 0.241 e. The van der Waals surface area contributed by atoms with E-state index in [2.05, 4.69) is 45.7 Å². The van der Waals surface area contributed by atoms with Crippen LogP contribution in [-0.2, 0) is 10.0 Å². The average molecular weight is 430 g/mol. The maximum atomic E-state index is 13.0. The van der Waals surface area contributed by atoms with Crippen molar-refractivity contribution in [2.24, 2.45) is 0 Å². The van der Waals surface area contributed by atoms with E-state index in [1.807, 2.05) is 33.8 Å². The summed E-state index contributed by atoms with van der Waals surface area (Å²) in [5.41, 5.74) is 6.31. The second-order valence-corrected chi connectivity index (χ2v) is 10.1. The number of sulfonamides is 1. The molecule has 0 aliphatic carbocycles. The van der Waals surface area contributed by atoms with Gasteiger partial charge in [0.1, 0.15) is 0 Å². The Labute approximate surface area is 182 Å². The third-order valence-corrected chi connectivity index (χ3v) is 8.37. The largest absolute Gasteiger partial charge is 0.369 e. The third kappa shape index (κ3) is 4.88. The van der Waals surface area contributed by atoms with Crippen LogP contribution in [-0.4, -0.2) is 52.6 Å². The van der Waals surface area contributed by atoms with Gasteiger partial charge >= 0.3 is 0 Å². The van der Waals surface area contributed by atoms with Crippen molar-refractivity contribution >= 4 is 15.7 Å². The molecule has 1 N–H and O–H groups in total. The van der Waals surface area contributed by atoms with Gasteiger partial charge in [0.25, 0.3) is 0 Å². The van der Waals surface area contributed by atoms with Gasteiger partial charge in [-0.15, -0.1) is 0 Å². The molecule has 0 amide bonds. The summed E-state index contributed by atoms with van der Waals surface area (Å²) in [6, 6.07) is 10.5. The predicted molar refractivity (Wildman–Crippen MR) is 125 cm³/mol. The van der Waals surface area contributed by atoms with Crippen LogP contribution in [0, 0.1) is 34.6 Å². The molecule has 1 aliphatic rings. The Morgan fingerprint density at radius 2 is 1.33 bits per heavy atom. The Morgan fingerprint density at radius 1 is 0.800 bits per heavy atom. The molecule has 1 fully saturated rings. The van der Waals surface area contributed by atoms with Gasteiger partial charge in [-0.3, -0.25) is 4.90 Å². The number of para-hydroxylation sites is 1. The molecule has 0 saturated carbocycles. The van der Waals surface area contributed by atoms with E-state index >= 15 is 0 Å². The topological polar surface area (TPSA) is 52.7 Å². The fourth-order valence-electron chi connectivity index (χ4n) is 4.32. The minimum atomic E-state index is -3.51. The van der Waals surface area contributed by atoms with Crippen LogP contribution < -0.4 is 9.62 Å². The first-order valence-corrected chi connectivity index (χ1v) is 12.3. The maximum absolute atomic E-state index is 13.0. The highest BCUT2D eigenvalue weighted by Gasteiger charge is 2.23. The van der Waals surface area contributed by atoms with Gasteiger partial charge in [0.2, 0.25) is 10.0 Å². The standard InChI is InChI=1S/C24H35N3O2S/c1-18-19(2)21(4)24(22(5)20(18)3)30(28,29)25-12-9-13-26-14-16-27(17-15-26)23-10-7-6-8-11-23/h6-8,10-11,25H,9,12-17H2,1-5H3. The van der Waals surface area contributed by atoms with Gasteiger partial charge in [-0.2, -0.15) is 0 Å². The molecule has 1 heterocycles. The zero-order valence-corrected chi connectivity index (χ0v) is 19.8. The summed E-state index contributed by atoms with van der Waals surface area (Å²) in [5.74, 6) is 0. The number of nitrogens with one attached hydrogen (secondary N) is 1. The molecule has 1 saturated heterocycles. The molecule has 3 rings (SSSR count). The van der Waals surface area contributed by atoms with E-state index in [4.69, 9.17) is 0 Å². The predicted octanol–water partition coefficient (Wildman–Crippen LogP) is 3.72. The fraction of sp³-hybridized carbons (Fsp3) is 0.500. The van der Waals surface area contributed by atoms with Gasteiger partial charge < -0.3 is 4.90 Å². The van der Waals surface area contributed by atoms with Gasteiger partial charge in [-0.1, -0.05) is 18.2 Å². The Bertz CT molecular complexity index is 950. The molecule has 1 aliphatic heterocycles. The summed E-state index contributed by atoms with van der Waals surface area (Å²) < 4.78 is 28.9. The van der Waals surface area contributed by atoms with Crippen LogP contribution in [0.3, 0.4) is 0 Å². The monoisotopic (exact) mass is 429 g/mol. The zero-order valence-electron chi connectivity index (χ0n) is 19.0. The Hall–Kier alpha value is -1.89. The van der Waals surface area contributed by atoms with E-state index in [1.165, 1.54) is 11.3 Å². The molecule has 0 radical (unpaired) electrons. The molecule has 6 heteroatoms. The third-order valence-electron chi connectivity index (χ3n) is 6.64. The number of anilines is 1. The van der Waals surface area contributed by atoms with Crippen LogP contribution >= 0.6 is 0 Å². The molecule has 0 aromatic heterocycles. The highest BCUT2D eigenvalue weighted by molar-refractivity contribution is 7.89. The lowest BCUT2D eigenvalue weighted by Gasteiger charge is -2.36. The van der Waals surface area contributed by atoms with E-state index in [0.717, 1.165) is 61.4 Å². The molecular weight excluding hydrogens is 394 g/mol. The van der Waals surface area contributed by atoms with Crippen LogP contribution in [0.1, 0.15) is 34.2 Å². The molecule has 5 nitrogen and oxygen atoms in total. The number of piperazine rings is 1. The zero-order chi connectivity index (χ0) is 21.9. The van der Waals surface area contributed by atoms with Crippen molar-refractivity contribution in [3.8, 4) is 0 Å². The fourth-order valence-corrected chi connectivity index (χ4v) is 5.99. The van der Waals surface area contributed by atoms with Crippen molar-refractivity contribution in [2.45, 2.75) is 45.9 Å². The van der Waals surface area contributed by atoms with E-state index < -0.39 is 10.0 Å². The minimum Gasteiger partial charge on any atom is -0.369 e. The van der Waals surface area contributed by atoms with Crippen molar-refractivity contribution in [1.29, 1.82) is 0 Å². The van der Waals surface area contributed by atoms with Crippen LogP contribution in [0.5, 0.6) is 0 Å². The Kier molecular flexibility index (Phi) is 7.22. The molecule has 0 unspecified atom stereocenters. The Balaban J connectivity index is 1.52. The van der Waals surface area contributed by atoms with Crippen LogP contribution in [0.4, 0.5) is 5.69 Å². The van der Waals surface area contributed by atoms with Crippen molar-refractivity contribution in [1.82, 2.24) is 9.62 Å². The van der Waals surface area contributed by atoms with Gasteiger partial charge in [0.05, 0.1) is 4.90 Å². The van der Waals surface area contributed by atoms with E-state index in [9.17, 15) is 8.42 Å². The van der Waals surface area contributed by atoms with Gasteiger partial charge in [-0.25, -0.2) is 13.1 Å². The number of benzene rings is 2. The normalized spacial score (nSPS) is 15.6. The smallest absolute Gasteiger partial charge is 0.241 e. The Morgan fingerprint density at radius 3 is 1.90 bits per heavy atom.